The summed E-state index contributed by atoms with van der Waals surface area (Å²) in [5.74, 6) is 1.46. The summed E-state index contributed by atoms with van der Waals surface area (Å²) in [4.78, 5) is 17.8. The molecule has 2 aliphatic rings. The lowest BCUT2D eigenvalue weighted by atomic mass is 9.93. The quantitative estimate of drug-likeness (QED) is 0.587. The van der Waals surface area contributed by atoms with E-state index in [0.29, 0.717) is 24.4 Å². The maximum atomic E-state index is 13.4. The molecule has 8 nitrogen and oxygen atoms in total. The number of carbonyl (C=O) groups excluding carboxylic acids is 1. The van der Waals surface area contributed by atoms with Gasteiger partial charge >= 0.3 is 0 Å². The molecule has 178 valence electrons. The number of likely N-dealkylation sites (N-methyl/N-ethyl adjacent to an activating group) is 2. The highest BCUT2D eigenvalue weighted by Gasteiger charge is 2.30. The fraction of sp³-hybridized carbons (Fsp3) is 0.385. The van der Waals surface area contributed by atoms with E-state index in [1.54, 1.807) is 13.3 Å². The van der Waals surface area contributed by atoms with Crippen LogP contribution in [0.1, 0.15) is 17.5 Å². The van der Waals surface area contributed by atoms with E-state index in [1.165, 1.54) is 5.56 Å². The van der Waals surface area contributed by atoms with Gasteiger partial charge in [0, 0.05) is 31.4 Å². The molecule has 34 heavy (non-hydrogen) atoms. The van der Waals surface area contributed by atoms with Crippen LogP contribution in [-0.4, -0.2) is 72.3 Å². The minimum atomic E-state index is -0.279. The van der Waals surface area contributed by atoms with Gasteiger partial charge in [-0.2, -0.15) is 5.10 Å². The molecule has 0 spiro atoms. The second-order valence-electron chi connectivity index (χ2n) is 9.25. The minimum absolute atomic E-state index is 0.0413. The van der Waals surface area contributed by atoms with Gasteiger partial charge in [-0.3, -0.25) is 14.8 Å². The lowest BCUT2D eigenvalue weighted by molar-refractivity contribution is -0.121. The highest BCUT2D eigenvalue weighted by atomic mass is 16.5. The highest BCUT2D eigenvalue weighted by Crippen LogP contribution is 2.33. The van der Waals surface area contributed by atoms with Crippen LogP contribution in [0.25, 0.3) is 11.1 Å². The van der Waals surface area contributed by atoms with Crippen molar-refractivity contribution in [3.05, 3.63) is 59.9 Å². The lowest BCUT2D eigenvalue weighted by Crippen LogP contribution is -2.45. The molecular weight excluding hydrogens is 430 g/mol. The van der Waals surface area contributed by atoms with Gasteiger partial charge < -0.3 is 19.7 Å². The standard InChI is InChI=1S/C26H31N5O3/c1-30-9-8-22(16-30)34-25-12-17(20-13-27-28-14-20)5-7-23(25)29-26(32)24-11-19-10-21(33-3)6-4-18(19)15-31(24)2/h4-7,10,12-14,22,24H,8-9,11,15-16H2,1-3H3,(H,27,28)(H,29,32)/t22?,24-/m1/s1. The molecule has 1 saturated heterocycles. The number of benzene rings is 2. The second kappa shape index (κ2) is 9.48. The van der Waals surface area contributed by atoms with Crippen molar-refractivity contribution in [1.82, 2.24) is 20.0 Å². The number of ether oxygens (including phenoxy) is 2. The topological polar surface area (TPSA) is 82.7 Å². The molecule has 1 aromatic heterocycles. The van der Waals surface area contributed by atoms with Gasteiger partial charge in [0.05, 0.1) is 25.0 Å². The number of hydrogen-bond acceptors (Lipinski definition) is 6. The predicted octanol–water partition coefficient (Wildman–Crippen LogP) is 3.16. The zero-order valence-corrected chi connectivity index (χ0v) is 19.9. The smallest absolute Gasteiger partial charge is 0.242 e. The molecule has 0 radical (unpaired) electrons. The van der Waals surface area contributed by atoms with E-state index < -0.39 is 0 Å². The Hall–Kier alpha value is -3.36. The van der Waals surface area contributed by atoms with Gasteiger partial charge in [0.2, 0.25) is 5.91 Å². The Balaban J connectivity index is 1.38. The van der Waals surface area contributed by atoms with Crippen LogP contribution in [0, 0.1) is 0 Å². The first-order valence-corrected chi connectivity index (χ1v) is 11.7. The Morgan fingerprint density at radius 3 is 2.76 bits per heavy atom. The van der Waals surface area contributed by atoms with Crippen molar-refractivity contribution in [2.75, 3.05) is 39.6 Å². The average molecular weight is 462 g/mol. The summed E-state index contributed by atoms with van der Waals surface area (Å²) < 4.78 is 11.8. The second-order valence-corrected chi connectivity index (χ2v) is 9.25. The Bertz CT molecular complexity index is 1160. The molecule has 3 aromatic rings. The fourth-order valence-corrected chi connectivity index (χ4v) is 4.81. The van der Waals surface area contributed by atoms with Gasteiger partial charge in [-0.1, -0.05) is 12.1 Å². The van der Waals surface area contributed by atoms with E-state index in [0.717, 1.165) is 42.0 Å². The van der Waals surface area contributed by atoms with E-state index in [-0.39, 0.29) is 18.1 Å². The van der Waals surface area contributed by atoms with Gasteiger partial charge in [0.1, 0.15) is 17.6 Å². The van der Waals surface area contributed by atoms with Crippen molar-refractivity contribution in [2.24, 2.45) is 0 Å². The summed E-state index contributed by atoms with van der Waals surface area (Å²) in [6.07, 6.45) is 5.32. The summed E-state index contributed by atoms with van der Waals surface area (Å²) in [7, 11) is 5.75. The van der Waals surface area contributed by atoms with Crippen molar-refractivity contribution >= 4 is 11.6 Å². The van der Waals surface area contributed by atoms with Gasteiger partial charge in [-0.25, -0.2) is 0 Å². The van der Waals surface area contributed by atoms with Crippen LogP contribution in [0.4, 0.5) is 5.69 Å². The molecule has 0 aliphatic carbocycles. The first-order valence-electron chi connectivity index (χ1n) is 11.7. The van der Waals surface area contributed by atoms with Crippen LogP contribution >= 0.6 is 0 Å². The number of fused-ring (bicyclic) bond motifs is 1. The van der Waals surface area contributed by atoms with Crippen LogP contribution in [0.15, 0.2) is 48.8 Å². The van der Waals surface area contributed by atoms with E-state index in [4.69, 9.17) is 9.47 Å². The Kier molecular flexibility index (Phi) is 6.26. The number of likely N-dealkylation sites (tertiary alicyclic amines) is 1. The third-order valence-corrected chi connectivity index (χ3v) is 6.79. The molecule has 5 rings (SSSR count). The molecule has 2 aromatic carbocycles. The molecule has 2 atom stereocenters. The number of amides is 1. The molecule has 3 heterocycles. The number of hydrogen-bond donors (Lipinski definition) is 2. The SMILES string of the molecule is COc1ccc2c(c1)C[C@H](C(=O)Nc1ccc(-c3cn[nH]c3)cc1OC1CCN(C)C1)N(C)C2. The van der Waals surface area contributed by atoms with Crippen molar-refractivity contribution in [2.45, 2.75) is 31.5 Å². The first kappa shape index (κ1) is 22.4. The van der Waals surface area contributed by atoms with Crippen molar-refractivity contribution in [3.8, 4) is 22.6 Å². The summed E-state index contributed by atoms with van der Waals surface area (Å²) in [6.45, 7) is 2.59. The fourth-order valence-electron chi connectivity index (χ4n) is 4.81. The van der Waals surface area contributed by atoms with Crippen molar-refractivity contribution in [3.63, 3.8) is 0 Å². The number of H-pyrrole nitrogens is 1. The summed E-state index contributed by atoms with van der Waals surface area (Å²) in [5, 5.41) is 10.1. The number of carbonyl (C=O) groups is 1. The highest BCUT2D eigenvalue weighted by molar-refractivity contribution is 5.97. The van der Waals surface area contributed by atoms with Gasteiger partial charge in [0.25, 0.3) is 0 Å². The van der Waals surface area contributed by atoms with Crippen LogP contribution < -0.4 is 14.8 Å². The van der Waals surface area contributed by atoms with Crippen LogP contribution in [0.3, 0.4) is 0 Å². The summed E-state index contributed by atoms with van der Waals surface area (Å²) >= 11 is 0. The van der Waals surface area contributed by atoms with E-state index >= 15 is 0 Å². The van der Waals surface area contributed by atoms with Crippen molar-refractivity contribution in [1.29, 1.82) is 0 Å². The largest absolute Gasteiger partial charge is 0.497 e. The molecule has 2 aliphatic heterocycles. The maximum Gasteiger partial charge on any atom is 0.242 e. The zero-order valence-electron chi connectivity index (χ0n) is 19.9. The molecule has 1 fully saturated rings. The predicted molar refractivity (Wildman–Crippen MR) is 131 cm³/mol. The Labute approximate surface area is 199 Å². The van der Waals surface area contributed by atoms with E-state index in [1.807, 2.05) is 43.6 Å². The number of methoxy groups -OCH3 is 1. The maximum absolute atomic E-state index is 13.4. The van der Waals surface area contributed by atoms with Gasteiger partial charge in [-0.05, 0) is 67.9 Å². The molecule has 2 N–H and O–H groups in total. The number of anilines is 1. The zero-order chi connectivity index (χ0) is 23.7. The molecule has 1 amide bonds. The third-order valence-electron chi connectivity index (χ3n) is 6.79. The lowest BCUT2D eigenvalue weighted by Gasteiger charge is -2.33. The summed E-state index contributed by atoms with van der Waals surface area (Å²) in [5.41, 5.74) is 5.04. The number of rotatable bonds is 6. The van der Waals surface area contributed by atoms with E-state index in [2.05, 4.69) is 38.4 Å². The number of aromatic nitrogens is 2. The average Bonchev–Trinajstić information content (AvgIpc) is 3.51. The summed E-state index contributed by atoms with van der Waals surface area (Å²) in [6, 6.07) is 11.7. The third kappa shape index (κ3) is 4.64. The first-order chi connectivity index (χ1) is 16.5. The Morgan fingerprint density at radius 1 is 1.15 bits per heavy atom. The van der Waals surface area contributed by atoms with Crippen LogP contribution in [0.5, 0.6) is 11.5 Å². The van der Waals surface area contributed by atoms with Crippen molar-refractivity contribution < 1.29 is 14.3 Å². The van der Waals surface area contributed by atoms with Crippen LogP contribution in [-0.2, 0) is 17.8 Å². The number of aromatic amines is 1. The molecule has 0 bridgehead atoms. The van der Waals surface area contributed by atoms with Gasteiger partial charge in [-0.15, -0.1) is 0 Å². The molecule has 1 unspecified atom stereocenters. The minimum Gasteiger partial charge on any atom is -0.497 e. The van der Waals surface area contributed by atoms with E-state index in [9.17, 15) is 4.79 Å². The molecule has 8 heteroatoms. The number of nitrogens with zero attached hydrogens (tertiary/aromatic N) is 3. The Morgan fingerprint density at radius 2 is 2.03 bits per heavy atom. The van der Waals surface area contributed by atoms with Crippen LogP contribution in [0.2, 0.25) is 0 Å². The molecule has 0 saturated carbocycles. The monoisotopic (exact) mass is 461 g/mol. The molecular formula is C26H31N5O3. The normalized spacial score (nSPS) is 20.7. The van der Waals surface area contributed by atoms with Gasteiger partial charge in [0.15, 0.2) is 0 Å². The number of nitrogens with one attached hydrogen (secondary N) is 2.